The van der Waals surface area contributed by atoms with Crippen LogP contribution in [-0.4, -0.2) is 15.0 Å². The molecule has 0 atom stereocenters. The van der Waals surface area contributed by atoms with Crippen molar-refractivity contribution < 1.29 is 0 Å². The lowest BCUT2D eigenvalue weighted by molar-refractivity contribution is 0.796. The SMILES string of the molecule is c1ccc(Sc2nc(Sc3ccccc3)nc(N(c3ccccc3)c3ccccc3)n2)cc1. The fourth-order valence-electron chi connectivity index (χ4n) is 3.24. The molecule has 0 aliphatic heterocycles. The summed E-state index contributed by atoms with van der Waals surface area (Å²) in [5.74, 6) is 0.583. The number of hydrogen-bond donors (Lipinski definition) is 0. The van der Waals surface area contributed by atoms with Crippen LogP contribution in [0.2, 0.25) is 0 Å². The smallest absolute Gasteiger partial charge is 0.239 e. The van der Waals surface area contributed by atoms with Gasteiger partial charge < -0.3 is 0 Å². The fraction of sp³-hybridized carbons (Fsp3) is 0. The maximum atomic E-state index is 4.88. The average Bonchev–Trinajstić information content (AvgIpc) is 2.87. The van der Waals surface area contributed by atoms with Gasteiger partial charge in [0.05, 0.1) is 0 Å². The molecule has 0 bridgehead atoms. The maximum absolute atomic E-state index is 4.88. The molecule has 0 radical (unpaired) electrons. The summed E-state index contributed by atoms with van der Waals surface area (Å²) < 4.78 is 0. The number of anilines is 3. The Labute approximate surface area is 201 Å². The van der Waals surface area contributed by atoms with Crippen LogP contribution in [0, 0.1) is 0 Å². The third-order valence-corrected chi connectivity index (χ3v) is 6.46. The molecule has 0 aliphatic carbocycles. The zero-order chi connectivity index (χ0) is 22.3. The van der Waals surface area contributed by atoms with E-state index >= 15 is 0 Å². The number of benzene rings is 4. The highest BCUT2D eigenvalue weighted by molar-refractivity contribution is 7.99. The van der Waals surface area contributed by atoms with Gasteiger partial charge in [-0.15, -0.1) is 0 Å². The van der Waals surface area contributed by atoms with Crippen molar-refractivity contribution in [2.45, 2.75) is 20.1 Å². The number of para-hydroxylation sites is 2. The van der Waals surface area contributed by atoms with Crippen LogP contribution >= 0.6 is 23.5 Å². The summed E-state index contributed by atoms with van der Waals surface area (Å²) >= 11 is 3.06. The molecule has 1 heterocycles. The zero-order valence-electron chi connectivity index (χ0n) is 17.7. The minimum absolute atomic E-state index is 0.583. The molecule has 0 N–H and O–H groups in total. The van der Waals surface area contributed by atoms with Crippen molar-refractivity contribution >= 4 is 40.8 Å². The third-order valence-electron chi connectivity index (χ3n) is 4.72. The molecule has 33 heavy (non-hydrogen) atoms. The van der Waals surface area contributed by atoms with E-state index in [4.69, 9.17) is 15.0 Å². The predicted molar refractivity (Wildman–Crippen MR) is 136 cm³/mol. The average molecular weight is 465 g/mol. The second-order valence-corrected chi connectivity index (χ2v) is 9.12. The summed E-state index contributed by atoms with van der Waals surface area (Å²) in [5.41, 5.74) is 1.97. The van der Waals surface area contributed by atoms with Gasteiger partial charge in [-0.25, -0.2) is 0 Å². The fourth-order valence-corrected chi connectivity index (χ4v) is 4.83. The van der Waals surface area contributed by atoms with Gasteiger partial charge in [0.1, 0.15) is 0 Å². The second-order valence-electron chi connectivity index (χ2n) is 7.04. The van der Waals surface area contributed by atoms with Crippen LogP contribution in [0.15, 0.2) is 141 Å². The monoisotopic (exact) mass is 464 g/mol. The lowest BCUT2D eigenvalue weighted by atomic mass is 10.2. The van der Waals surface area contributed by atoms with Crippen LogP contribution in [0.4, 0.5) is 17.3 Å². The first-order chi connectivity index (χ1) is 16.3. The van der Waals surface area contributed by atoms with Crippen molar-refractivity contribution in [2.75, 3.05) is 4.90 Å². The molecule has 0 amide bonds. The highest BCUT2D eigenvalue weighted by Crippen LogP contribution is 2.35. The normalized spacial score (nSPS) is 10.7. The van der Waals surface area contributed by atoms with Crippen LogP contribution in [0.3, 0.4) is 0 Å². The van der Waals surface area contributed by atoms with E-state index in [-0.39, 0.29) is 0 Å². The van der Waals surface area contributed by atoms with Gasteiger partial charge in [-0.1, -0.05) is 72.8 Å². The van der Waals surface area contributed by atoms with Gasteiger partial charge in [-0.3, -0.25) is 4.90 Å². The van der Waals surface area contributed by atoms with Crippen LogP contribution in [-0.2, 0) is 0 Å². The van der Waals surface area contributed by atoms with Gasteiger partial charge in [0, 0.05) is 21.2 Å². The summed E-state index contributed by atoms with van der Waals surface area (Å²) in [6, 6.07) is 40.7. The Morgan fingerprint density at radius 3 is 1.18 bits per heavy atom. The Morgan fingerprint density at radius 1 is 0.424 bits per heavy atom. The van der Waals surface area contributed by atoms with Crippen molar-refractivity contribution in [3.63, 3.8) is 0 Å². The summed E-state index contributed by atoms with van der Waals surface area (Å²) in [6.45, 7) is 0. The molecule has 160 valence electrons. The first-order valence-corrected chi connectivity index (χ1v) is 12.1. The maximum Gasteiger partial charge on any atom is 0.239 e. The molecule has 0 spiro atoms. The highest BCUT2D eigenvalue weighted by atomic mass is 32.2. The van der Waals surface area contributed by atoms with Gasteiger partial charge in [0.2, 0.25) is 5.95 Å². The summed E-state index contributed by atoms with van der Waals surface area (Å²) in [4.78, 5) is 18.7. The molecule has 0 unspecified atom stereocenters. The number of aromatic nitrogens is 3. The number of rotatable bonds is 7. The topological polar surface area (TPSA) is 41.9 Å². The minimum Gasteiger partial charge on any atom is -0.279 e. The molecular weight excluding hydrogens is 444 g/mol. The van der Waals surface area contributed by atoms with Crippen LogP contribution < -0.4 is 4.90 Å². The second kappa shape index (κ2) is 10.3. The van der Waals surface area contributed by atoms with Gasteiger partial charge in [-0.2, -0.15) is 15.0 Å². The molecular formula is C27H20N4S2. The molecule has 0 saturated carbocycles. The summed E-state index contributed by atoms with van der Waals surface area (Å²) in [6.07, 6.45) is 0. The van der Waals surface area contributed by atoms with Crippen LogP contribution in [0.5, 0.6) is 0 Å². The van der Waals surface area contributed by atoms with Crippen molar-refractivity contribution in [3.8, 4) is 0 Å². The zero-order valence-corrected chi connectivity index (χ0v) is 19.3. The van der Waals surface area contributed by atoms with Gasteiger partial charge >= 0.3 is 0 Å². The largest absolute Gasteiger partial charge is 0.279 e. The number of nitrogens with zero attached hydrogens (tertiary/aromatic N) is 4. The predicted octanol–water partition coefficient (Wildman–Crippen LogP) is 7.64. The van der Waals surface area contributed by atoms with Crippen molar-refractivity contribution in [3.05, 3.63) is 121 Å². The number of hydrogen-bond acceptors (Lipinski definition) is 6. The van der Waals surface area contributed by atoms with Gasteiger partial charge in [0.25, 0.3) is 0 Å². The van der Waals surface area contributed by atoms with Crippen molar-refractivity contribution in [2.24, 2.45) is 0 Å². The minimum atomic E-state index is 0.583. The van der Waals surface area contributed by atoms with Crippen molar-refractivity contribution in [1.82, 2.24) is 15.0 Å². The summed E-state index contributed by atoms with van der Waals surface area (Å²) in [7, 11) is 0. The first kappa shape index (κ1) is 21.2. The van der Waals surface area contributed by atoms with Crippen molar-refractivity contribution in [1.29, 1.82) is 0 Å². The Bertz CT molecular complexity index is 1200. The van der Waals surface area contributed by atoms with E-state index in [1.165, 1.54) is 23.5 Å². The standard InChI is InChI=1S/C27H20N4S2/c1-5-13-21(14-6-1)31(22-15-7-2-8-16-22)25-28-26(32-23-17-9-3-10-18-23)30-27(29-25)33-24-19-11-4-12-20-24/h1-20H. The van der Waals surface area contributed by atoms with Gasteiger partial charge in [-0.05, 0) is 72.1 Å². The van der Waals surface area contributed by atoms with E-state index in [9.17, 15) is 0 Å². The molecule has 0 fully saturated rings. The molecule has 4 nitrogen and oxygen atoms in total. The van der Waals surface area contributed by atoms with Crippen LogP contribution in [0.25, 0.3) is 0 Å². The van der Waals surface area contributed by atoms with E-state index in [0.29, 0.717) is 16.3 Å². The van der Waals surface area contributed by atoms with Gasteiger partial charge in [0.15, 0.2) is 10.3 Å². The molecule has 4 aromatic carbocycles. The van der Waals surface area contributed by atoms with E-state index in [0.717, 1.165) is 21.2 Å². The molecule has 1 aromatic heterocycles. The van der Waals surface area contributed by atoms with E-state index in [1.807, 2.05) is 72.8 Å². The molecule has 5 aromatic rings. The van der Waals surface area contributed by atoms with E-state index in [1.54, 1.807) is 0 Å². The Kier molecular flexibility index (Phi) is 6.66. The van der Waals surface area contributed by atoms with E-state index < -0.39 is 0 Å². The molecule has 0 aliphatic rings. The quantitative estimate of drug-likeness (QED) is 0.246. The molecule has 0 saturated heterocycles. The Balaban J connectivity index is 1.62. The van der Waals surface area contributed by atoms with E-state index in [2.05, 4.69) is 53.4 Å². The third kappa shape index (κ3) is 5.42. The molecule has 5 rings (SSSR count). The lowest BCUT2D eigenvalue weighted by Gasteiger charge is -2.23. The Morgan fingerprint density at radius 2 is 0.788 bits per heavy atom. The lowest BCUT2D eigenvalue weighted by Crippen LogP contribution is -2.14. The Hall–Kier alpha value is -3.61. The first-order valence-electron chi connectivity index (χ1n) is 10.5. The highest BCUT2D eigenvalue weighted by Gasteiger charge is 2.18. The van der Waals surface area contributed by atoms with Crippen LogP contribution in [0.1, 0.15) is 0 Å². The summed E-state index contributed by atoms with van der Waals surface area (Å²) in [5, 5.41) is 1.31. The molecule has 6 heteroatoms.